The molecule has 2 saturated carbocycles. The van der Waals surface area contributed by atoms with Crippen LogP contribution in [0.3, 0.4) is 0 Å². The molecule has 5 atom stereocenters. The molecule has 0 aliphatic heterocycles. The molecule has 2 aliphatic carbocycles. The summed E-state index contributed by atoms with van der Waals surface area (Å²) in [5.74, 6) is -7.10. The summed E-state index contributed by atoms with van der Waals surface area (Å²) < 4.78 is 83.8. The van der Waals surface area contributed by atoms with Crippen LogP contribution >= 0.6 is 11.6 Å². The molecule has 1 N–H and O–H groups in total. The van der Waals surface area contributed by atoms with Crippen molar-refractivity contribution in [3.8, 4) is 5.75 Å². The molecule has 4 rings (SSSR count). The quantitative estimate of drug-likeness (QED) is 0.399. The lowest BCUT2D eigenvalue weighted by Gasteiger charge is -2.41. The highest BCUT2D eigenvalue weighted by Gasteiger charge is 2.58. The number of alkyl halides is 7. The first-order valence-electron chi connectivity index (χ1n) is 11.1. The van der Waals surface area contributed by atoms with Gasteiger partial charge in [-0.1, -0.05) is 11.6 Å². The monoisotopic (exact) mass is 550 g/mol. The summed E-state index contributed by atoms with van der Waals surface area (Å²) in [7, 11) is 0. The van der Waals surface area contributed by atoms with E-state index in [-0.39, 0.29) is 24.1 Å². The second-order valence-corrected chi connectivity index (χ2v) is 9.57. The molecule has 1 aromatic carbocycles. The van der Waals surface area contributed by atoms with E-state index < -0.39 is 65.3 Å². The number of carbonyl (C=O) groups excluding carboxylic acids is 2. The van der Waals surface area contributed by atoms with E-state index in [0.717, 1.165) is 30.6 Å². The minimum atomic E-state index is -4.98. The summed E-state index contributed by atoms with van der Waals surface area (Å²) in [4.78, 5) is 35.2. The van der Waals surface area contributed by atoms with Gasteiger partial charge in [0.05, 0.1) is 0 Å². The molecule has 0 saturated heterocycles. The maximum absolute atomic E-state index is 14.2. The first-order chi connectivity index (χ1) is 17.2. The van der Waals surface area contributed by atoms with Crippen LogP contribution in [0.5, 0.6) is 5.75 Å². The van der Waals surface area contributed by atoms with E-state index in [1.165, 1.54) is 19.3 Å². The molecular weight excluding hydrogens is 530 g/mol. The molecule has 2 fully saturated rings. The van der Waals surface area contributed by atoms with Crippen LogP contribution in [0.1, 0.15) is 31.7 Å². The largest absolute Gasteiger partial charge is 0.573 e. The first kappa shape index (κ1) is 27.0. The van der Waals surface area contributed by atoms with Crippen molar-refractivity contribution in [2.24, 2.45) is 11.8 Å². The molecule has 0 radical (unpaired) electrons. The zero-order chi connectivity index (χ0) is 27.2. The Morgan fingerprint density at radius 3 is 2.27 bits per heavy atom. The Kier molecular flexibility index (Phi) is 7.04. The van der Waals surface area contributed by atoms with Crippen molar-refractivity contribution in [2.75, 3.05) is 4.90 Å². The maximum atomic E-state index is 14.2. The standard InChI is InChI=1S/C23H21ClF6N4O3/c1-21(14-9-31-11-32-10-14,20(36)33-17-7-13-6-12(17)8-22(13,26)27)34(19(35)18(24)25)15-2-4-16(5-3-15)37-23(28,29)30/h2-5,9-13,17-18H,6-8H2,1H3,(H,33,36)/t12?,13-,17-,18-,21+/m0/s1. The van der Waals surface area contributed by atoms with Crippen LogP contribution in [0.4, 0.5) is 32.0 Å². The SMILES string of the molecule is C[C@](C(=O)N[C@H]1C[C@@H]2CC1CC2(F)F)(c1cncnc1)N(C(=O)[C@H](F)Cl)c1ccc(OC(F)(F)F)cc1. The Morgan fingerprint density at radius 2 is 1.78 bits per heavy atom. The predicted octanol–water partition coefficient (Wildman–Crippen LogP) is 4.71. The number of halogens is 7. The van der Waals surface area contributed by atoms with Crippen LogP contribution in [0, 0.1) is 11.8 Å². The van der Waals surface area contributed by atoms with Crippen LogP contribution in [0.25, 0.3) is 0 Å². The van der Waals surface area contributed by atoms with Gasteiger partial charge in [0.2, 0.25) is 0 Å². The minimum absolute atomic E-state index is 0.0160. The number of rotatable bonds is 7. The van der Waals surface area contributed by atoms with Gasteiger partial charge in [0.15, 0.2) is 5.54 Å². The number of ether oxygens (including phenoxy) is 1. The molecule has 2 aliphatic rings. The van der Waals surface area contributed by atoms with Gasteiger partial charge in [-0.25, -0.2) is 23.1 Å². The van der Waals surface area contributed by atoms with E-state index in [0.29, 0.717) is 4.90 Å². The van der Waals surface area contributed by atoms with Crippen LogP contribution in [0.15, 0.2) is 43.0 Å². The van der Waals surface area contributed by atoms with Gasteiger partial charge in [0, 0.05) is 42.0 Å². The van der Waals surface area contributed by atoms with Crippen molar-refractivity contribution in [1.82, 2.24) is 15.3 Å². The molecule has 2 amide bonds. The number of hydrogen-bond acceptors (Lipinski definition) is 5. The number of anilines is 1. The number of fused-ring (bicyclic) bond motifs is 2. The Morgan fingerprint density at radius 1 is 1.16 bits per heavy atom. The predicted molar refractivity (Wildman–Crippen MR) is 118 cm³/mol. The number of benzene rings is 1. The zero-order valence-electron chi connectivity index (χ0n) is 19.2. The Hall–Kier alpha value is -3.09. The second-order valence-electron chi connectivity index (χ2n) is 9.19. The lowest BCUT2D eigenvalue weighted by molar-refractivity contribution is -0.274. The third-order valence-corrected chi connectivity index (χ3v) is 7.08. The first-order valence-corrected chi connectivity index (χ1v) is 11.6. The molecule has 2 bridgehead atoms. The van der Waals surface area contributed by atoms with Gasteiger partial charge in [0.1, 0.15) is 12.1 Å². The van der Waals surface area contributed by atoms with E-state index in [4.69, 9.17) is 11.6 Å². The molecule has 0 spiro atoms. The van der Waals surface area contributed by atoms with Gasteiger partial charge < -0.3 is 10.1 Å². The summed E-state index contributed by atoms with van der Waals surface area (Å²) in [5.41, 5.74) is -4.89. The molecule has 1 heterocycles. The van der Waals surface area contributed by atoms with Gasteiger partial charge in [0.25, 0.3) is 23.4 Å². The molecular formula is C23H21ClF6N4O3. The molecule has 37 heavy (non-hydrogen) atoms. The second kappa shape index (κ2) is 9.66. The highest BCUT2D eigenvalue weighted by atomic mass is 35.5. The van der Waals surface area contributed by atoms with Crippen molar-refractivity contribution >= 4 is 29.1 Å². The molecule has 2 aromatic rings. The normalized spacial score (nSPS) is 24.7. The maximum Gasteiger partial charge on any atom is 0.573 e. The summed E-state index contributed by atoms with van der Waals surface area (Å²) in [6, 6.07) is 3.17. The molecule has 7 nitrogen and oxygen atoms in total. The van der Waals surface area contributed by atoms with Crippen molar-refractivity contribution < 1.29 is 40.7 Å². The lowest BCUT2D eigenvalue weighted by atomic mass is 9.87. The van der Waals surface area contributed by atoms with E-state index in [2.05, 4.69) is 20.0 Å². The number of amides is 2. The molecule has 1 unspecified atom stereocenters. The summed E-state index contributed by atoms with van der Waals surface area (Å²) in [6.07, 6.45) is -1.59. The van der Waals surface area contributed by atoms with E-state index in [1.807, 2.05) is 0 Å². The minimum Gasteiger partial charge on any atom is -0.406 e. The van der Waals surface area contributed by atoms with Crippen molar-refractivity contribution in [3.63, 3.8) is 0 Å². The molecule has 200 valence electrons. The van der Waals surface area contributed by atoms with E-state index in [9.17, 15) is 35.9 Å². The molecule has 14 heteroatoms. The van der Waals surface area contributed by atoms with Gasteiger partial charge in [-0.2, -0.15) is 0 Å². The Balaban J connectivity index is 1.73. The van der Waals surface area contributed by atoms with Crippen molar-refractivity contribution in [3.05, 3.63) is 48.5 Å². The van der Waals surface area contributed by atoms with Crippen LogP contribution < -0.4 is 15.0 Å². The van der Waals surface area contributed by atoms with Gasteiger partial charge in [-0.05, 0) is 49.9 Å². The van der Waals surface area contributed by atoms with Crippen molar-refractivity contribution in [1.29, 1.82) is 0 Å². The fourth-order valence-electron chi connectivity index (χ4n) is 5.11. The number of aromatic nitrogens is 2. The smallest absolute Gasteiger partial charge is 0.406 e. The van der Waals surface area contributed by atoms with Crippen LogP contribution in [-0.2, 0) is 15.1 Å². The van der Waals surface area contributed by atoms with Crippen LogP contribution in [0.2, 0.25) is 0 Å². The summed E-state index contributed by atoms with van der Waals surface area (Å²) in [5, 5.41) is 2.71. The van der Waals surface area contributed by atoms with E-state index in [1.54, 1.807) is 0 Å². The molecule has 1 aromatic heterocycles. The highest BCUT2D eigenvalue weighted by Crippen LogP contribution is 2.53. The van der Waals surface area contributed by atoms with E-state index >= 15 is 0 Å². The van der Waals surface area contributed by atoms with Crippen LogP contribution in [-0.4, -0.2) is 45.7 Å². The lowest BCUT2D eigenvalue weighted by Crippen LogP contribution is -2.60. The third-order valence-electron chi connectivity index (χ3n) is 6.89. The average molecular weight is 551 g/mol. The Labute approximate surface area is 212 Å². The number of nitrogens with zero attached hydrogens (tertiary/aromatic N) is 3. The van der Waals surface area contributed by atoms with Gasteiger partial charge in [-0.15, -0.1) is 13.2 Å². The fourth-order valence-corrected chi connectivity index (χ4v) is 5.21. The summed E-state index contributed by atoms with van der Waals surface area (Å²) in [6.45, 7) is 1.25. The fraction of sp³-hybridized carbons (Fsp3) is 0.478. The zero-order valence-corrected chi connectivity index (χ0v) is 19.9. The Bertz CT molecular complexity index is 1150. The topological polar surface area (TPSA) is 84.4 Å². The number of carbonyl (C=O) groups is 2. The third kappa shape index (κ3) is 5.32. The highest BCUT2D eigenvalue weighted by molar-refractivity contribution is 6.32. The number of hydrogen-bond donors (Lipinski definition) is 1. The average Bonchev–Trinajstić information content (AvgIpc) is 3.35. The van der Waals surface area contributed by atoms with Crippen molar-refractivity contribution in [2.45, 2.75) is 55.7 Å². The van der Waals surface area contributed by atoms with Gasteiger partial charge in [-0.3, -0.25) is 14.5 Å². The number of nitrogens with one attached hydrogen (secondary N) is 1. The van der Waals surface area contributed by atoms with Gasteiger partial charge >= 0.3 is 6.36 Å². The summed E-state index contributed by atoms with van der Waals surface area (Å²) >= 11 is 5.46.